The van der Waals surface area contributed by atoms with Gasteiger partial charge in [-0.1, -0.05) is 0 Å². The normalized spacial score (nSPS) is 11.6. The van der Waals surface area contributed by atoms with Crippen LogP contribution in [0.5, 0.6) is 0 Å². The Morgan fingerprint density at radius 2 is 2.08 bits per heavy atom. The summed E-state index contributed by atoms with van der Waals surface area (Å²) in [6, 6.07) is 0. The zero-order chi connectivity index (χ0) is 10.3. The monoisotopic (exact) mass is 190 g/mol. The molecule has 0 aromatic carbocycles. The molecule has 0 saturated heterocycles. The van der Waals surface area contributed by atoms with E-state index < -0.39 is 5.97 Å². The summed E-state index contributed by atoms with van der Waals surface area (Å²) >= 11 is 0. The molecule has 1 N–H and O–H groups in total. The van der Waals surface area contributed by atoms with Crippen LogP contribution in [0, 0.1) is 0 Å². The Balaban J connectivity index is 3.45. The fourth-order valence-corrected chi connectivity index (χ4v) is 0.940. The number of rotatable bonds is 7. The molecule has 0 aliphatic rings. The van der Waals surface area contributed by atoms with E-state index in [1.165, 1.54) is 0 Å². The Kier molecular flexibility index (Phi) is 5.66. The average molecular weight is 190 g/mol. The van der Waals surface area contributed by atoms with E-state index in [9.17, 15) is 4.79 Å². The van der Waals surface area contributed by atoms with Gasteiger partial charge in [0.15, 0.2) is 0 Å². The molecule has 0 aliphatic heterocycles. The second-order valence-electron chi connectivity index (χ2n) is 3.39. The fourth-order valence-electron chi connectivity index (χ4n) is 0.940. The molecule has 0 fully saturated rings. The van der Waals surface area contributed by atoms with Gasteiger partial charge in [0.25, 0.3) is 0 Å². The van der Waals surface area contributed by atoms with Gasteiger partial charge in [-0.3, -0.25) is 0 Å². The highest BCUT2D eigenvalue weighted by Gasteiger charge is 2.16. The average Bonchev–Trinajstić information content (AvgIpc) is 1.98. The van der Waals surface area contributed by atoms with Crippen molar-refractivity contribution in [2.24, 2.45) is 0 Å². The van der Waals surface area contributed by atoms with Crippen molar-refractivity contribution in [3.8, 4) is 0 Å². The molecule has 0 radical (unpaired) electrons. The molecule has 0 amide bonds. The van der Waals surface area contributed by atoms with Gasteiger partial charge in [-0.2, -0.15) is 0 Å². The zero-order valence-electron chi connectivity index (χ0n) is 8.50. The van der Waals surface area contributed by atoms with Crippen molar-refractivity contribution in [1.82, 2.24) is 0 Å². The lowest BCUT2D eigenvalue weighted by Crippen LogP contribution is -2.26. The van der Waals surface area contributed by atoms with Gasteiger partial charge < -0.3 is 14.6 Å². The van der Waals surface area contributed by atoms with E-state index in [0.717, 1.165) is 0 Å². The van der Waals surface area contributed by atoms with Crippen molar-refractivity contribution >= 4 is 5.97 Å². The summed E-state index contributed by atoms with van der Waals surface area (Å²) in [6.45, 7) is 6.69. The van der Waals surface area contributed by atoms with Gasteiger partial charge >= 0.3 is 5.97 Å². The lowest BCUT2D eigenvalue weighted by Gasteiger charge is -2.24. The second-order valence-corrected chi connectivity index (χ2v) is 3.39. The smallest absolute Gasteiger partial charge is 0.329 e. The molecule has 13 heavy (non-hydrogen) atoms. The molecule has 0 heterocycles. The summed E-state index contributed by atoms with van der Waals surface area (Å²) in [5, 5.41) is 8.29. The SMILES string of the molecule is CCOC(C)(C)CCOCC(=O)O. The van der Waals surface area contributed by atoms with E-state index in [2.05, 4.69) is 0 Å². The molecule has 0 aliphatic carbocycles. The minimum Gasteiger partial charge on any atom is -0.480 e. The van der Waals surface area contributed by atoms with Crippen LogP contribution in [0.15, 0.2) is 0 Å². The van der Waals surface area contributed by atoms with Gasteiger partial charge in [-0.25, -0.2) is 4.79 Å². The topological polar surface area (TPSA) is 55.8 Å². The molecule has 0 aromatic heterocycles. The van der Waals surface area contributed by atoms with Crippen molar-refractivity contribution < 1.29 is 19.4 Å². The minimum absolute atomic E-state index is 0.229. The molecule has 0 spiro atoms. The zero-order valence-corrected chi connectivity index (χ0v) is 8.50. The van der Waals surface area contributed by atoms with Crippen LogP contribution in [-0.4, -0.2) is 36.5 Å². The van der Waals surface area contributed by atoms with Crippen molar-refractivity contribution in [3.63, 3.8) is 0 Å². The summed E-state index contributed by atoms with van der Waals surface area (Å²) in [6.07, 6.45) is 0.702. The molecule has 0 saturated carbocycles. The van der Waals surface area contributed by atoms with Crippen LogP contribution in [0.25, 0.3) is 0 Å². The van der Waals surface area contributed by atoms with Crippen LogP contribution in [-0.2, 0) is 14.3 Å². The van der Waals surface area contributed by atoms with E-state index in [4.69, 9.17) is 14.6 Å². The van der Waals surface area contributed by atoms with Crippen molar-refractivity contribution in [2.75, 3.05) is 19.8 Å². The predicted octanol–water partition coefficient (Wildman–Crippen LogP) is 1.29. The summed E-state index contributed by atoms with van der Waals surface area (Å²) in [7, 11) is 0. The number of carbonyl (C=O) groups is 1. The van der Waals surface area contributed by atoms with E-state index in [1.807, 2.05) is 20.8 Å². The Morgan fingerprint density at radius 3 is 2.54 bits per heavy atom. The van der Waals surface area contributed by atoms with Gasteiger partial charge in [0.1, 0.15) is 6.61 Å². The van der Waals surface area contributed by atoms with Gasteiger partial charge in [0, 0.05) is 6.61 Å². The highest BCUT2D eigenvalue weighted by atomic mass is 16.5. The minimum atomic E-state index is -0.936. The van der Waals surface area contributed by atoms with Crippen LogP contribution >= 0.6 is 0 Å². The van der Waals surface area contributed by atoms with Gasteiger partial charge in [0.2, 0.25) is 0 Å². The van der Waals surface area contributed by atoms with E-state index in [-0.39, 0.29) is 12.2 Å². The quantitative estimate of drug-likeness (QED) is 0.615. The van der Waals surface area contributed by atoms with Gasteiger partial charge in [-0.15, -0.1) is 0 Å². The third-order valence-electron chi connectivity index (χ3n) is 1.61. The molecular weight excluding hydrogens is 172 g/mol. The molecule has 78 valence electrons. The molecule has 0 aromatic rings. The number of hydrogen-bond donors (Lipinski definition) is 1. The number of aliphatic carboxylic acids is 1. The van der Waals surface area contributed by atoms with Crippen LogP contribution in [0.1, 0.15) is 27.2 Å². The Bertz CT molecular complexity index is 154. The highest BCUT2D eigenvalue weighted by Crippen LogP contribution is 2.13. The highest BCUT2D eigenvalue weighted by molar-refractivity contribution is 5.67. The molecule has 4 heteroatoms. The molecule has 4 nitrogen and oxygen atoms in total. The number of ether oxygens (including phenoxy) is 2. The predicted molar refractivity (Wildman–Crippen MR) is 48.8 cm³/mol. The Labute approximate surface area is 78.8 Å². The standard InChI is InChI=1S/C9H18O4/c1-4-13-9(2,3)5-6-12-7-8(10)11/h4-7H2,1-3H3,(H,10,11). The molecule has 0 atom stereocenters. The van der Waals surface area contributed by atoms with Crippen molar-refractivity contribution in [3.05, 3.63) is 0 Å². The largest absolute Gasteiger partial charge is 0.480 e. The molecular formula is C9H18O4. The number of carboxylic acid groups (broad SMARTS) is 1. The lowest BCUT2D eigenvalue weighted by atomic mass is 10.1. The second kappa shape index (κ2) is 5.94. The van der Waals surface area contributed by atoms with Crippen molar-refractivity contribution in [2.45, 2.75) is 32.8 Å². The van der Waals surface area contributed by atoms with E-state index >= 15 is 0 Å². The first kappa shape index (κ1) is 12.4. The van der Waals surface area contributed by atoms with E-state index in [0.29, 0.717) is 19.6 Å². The number of carboxylic acids is 1. The molecule has 0 bridgehead atoms. The summed E-state index contributed by atoms with van der Waals surface area (Å²) in [5.74, 6) is -0.936. The van der Waals surface area contributed by atoms with Crippen molar-refractivity contribution in [1.29, 1.82) is 0 Å². The maximum absolute atomic E-state index is 10.1. The van der Waals surface area contributed by atoms with Crippen LogP contribution < -0.4 is 0 Å². The summed E-state index contributed by atoms with van der Waals surface area (Å²) in [4.78, 5) is 10.1. The summed E-state index contributed by atoms with van der Waals surface area (Å²) in [5.41, 5.74) is -0.229. The maximum Gasteiger partial charge on any atom is 0.329 e. The lowest BCUT2D eigenvalue weighted by molar-refractivity contribution is -0.143. The first-order valence-corrected chi connectivity index (χ1v) is 4.41. The Hall–Kier alpha value is -0.610. The van der Waals surface area contributed by atoms with Crippen LogP contribution in [0.4, 0.5) is 0 Å². The third kappa shape index (κ3) is 7.74. The maximum atomic E-state index is 10.1. The van der Waals surface area contributed by atoms with Crippen LogP contribution in [0.3, 0.4) is 0 Å². The van der Waals surface area contributed by atoms with Gasteiger partial charge in [-0.05, 0) is 27.2 Å². The Morgan fingerprint density at radius 1 is 1.46 bits per heavy atom. The molecule has 0 rings (SSSR count). The summed E-state index contributed by atoms with van der Waals surface area (Å²) < 4.78 is 10.3. The molecule has 0 unspecified atom stereocenters. The van der Waals surface area contributed by atoms with E-state index in [1.54, 1.807) is 0 Å². The van der Waals surface area contributed by atoms with Crippen LogP contribution in [0.2, 0.25) is 0 Å². The van der Waals surface area contributed by atoms with Gasteiger partial charge in [0.05, 0.1) is 12.2 Å². The third-order valence-corrected chi connectivity index (χ3v) is 1.61. The first-order valence-electron chi connectivity index (χ1n) is 4.41. The fraction of sp³-hybridized carbons (Fsp3) is 0.889. The number of hydrogen-bond acceptors (Lipinski definition) is 3. The first-order chi connectivity index (χ1) is 5.98.